The fourth-order valence-electron chi connectivity index (χ4n) is 3.18. The van der Waals surface area contributed by atoms with Gasteiger partial charge in [0.15, 0.2) is 0 Å². The summed E-state index contributed by atoms with van der Waals surface area (Å²) in [6, 6.07) is 4.71. The van der Waals surface area contributed by atoms with Crippen molar-refractivity contribution < 1.29 is 14.0 Å². The summed E-state index contributed by atoms with van der Waals surface area (Å²) < 4.78 is 13.4. The van der Waals surface area contributed by atoms with Crippen molar-refractivity contribution in [3.8, 4) is 0 Å². The molecule has 2 heterocycles. The molecule has 5 nitrogen and oxygen atoms in total. The van der Waals surface area contributed by atoms with Crippen molar-refractivity contribution in [2.24, 2.45) is 5.92 Å². The van der Waals surface area contributed by atoms with E-state index in [1.54, 1.807) is 11.0 Å². The Balaban J connectivity index is 1.63. The zero-order valence-corrected chi connectivity index (χ0v) is 13.9. The highest BCUT2D eigenvalue weighted by Gasteiger charge is 2.34. The number of rotatable bonds is 5. The second-order valence-corrected chi connectivity index (χ2v) is 6.66. The molecule has 2 N–H and O–H groups in total. The lowest BCUT2D eigenvalue weighted by atomic mass is 10.1. The minimum Gasteiger partial charge on any atom is -0.361 e. The van der Waals surface area contributed by atoms with Crippen LogP contribution in [0.3, 0.4) is 0 Å². The van der Waals surface area contributed by atoms with E-state index in [0.717, 1.165) is 16.5 Å². The van der Waals surface area contributed by atoms with Crippen LogP contribution in [0.1, 0.15) is 25.8 Å². The zero-order valence-electron chi connectivity index (χ0n) is 13.9. The maximum Gasteiger partial charge on any atom is 0.225 e. The monoisotopic (exact) mass is 331 g/mol. The molecular formula is C18H22FN3O2. The number of nitrogens with zero attached hydrogens (tertiary/aromatic N) is 1. The maximum absolute atomic E-state index is 13.4. The molecule has 3 rings (SSSR count). The number of carbonyl (C=O) groups excluding carboxylic acids is 2. The van der Waals surface area contributed by atoms with Gasteiger partial charge in [-0.05, 0) is 44.0 Å². The van der Waals surface area contributed by atoms with Gasteiger partial charge in [0.05, 0.1) is 5.92 Å². The number of H-pyrrole nitrogens is 1. The van der Waals surface area contributed by atoms with Gasteiger partial charge in [0, 0.05) is 42.7 Å². The Morgan fingerprint density at radius 2 is 2.25 bits per heavy atom. The van der Waals surface area contributed by atoms with Crippen molar-refractivity contribution in [2.75, 3.05) is 13.1 Å². The van der Waals surface area contributed by atoms with Crippen molar-refractivity contribution >= 4 is 22.7 Å². The Morgan fingerprint density at radius 3 is 3.00 bits per heavy atom. The number of likely N-dealkylation sites (tertiary alicyclic amines) is 1. The molecule has 1 aliphatic heterocycles. The van der Waals surface area contributed by atoms with Crippen molar-refractivity contribution in [2.45, 2.75) is 32.7 Å². The fraction of sp³-hybridized carbons (Fsp3) is 0.444. The van der Waals surface area contributed by atoms with Gasteiger partial charge in [-0.15, -0.1) is 0 Å². The second kappa shape index (κ2) is 6.63. The first-order chi connectivity index (χ1) is 11.4. The van der Waals surface area contributed by atoms with Gasteiger partial charge in [0.1, 0.15) is 5.82 Å². The number of aromatic amines is 1. The first-order valence-corrected chi connectivity index (χ1v) is 8.27. The first-order valence-electron chi connectivity index (χ1n) is 8.27. The molecule has 1 aromatic heterocycles. The third kappa shape index (κ3) is 3.42. The fourth-order valence-corrected chi connectivity index (χ4v) is 3.18. The molecule has 0 unspecified atom stereocenters. The largest absolute Gasteiger partial charge is 0.361 e. The normalized spacial score (nSPS) is 17.9. The van der Waals surface area contributed by atoms with Gasteiger partial charge in [0.2, 0.25) is 11.8 Å². The molecule has 2 amide bonds. The van der Waals surface area contributed by atoms with E-state index < -0.39 is 0 Å². The van der Waals surface area contributed by atoms with Crippen LogP contribution < -0.4 is 5.32 Å². The summed E-state index contributed by atoms with van der Waals surface area (Å²) in [4.78, 5) is 29.0. The van der Waals surface area contributed by atoms with Gasteiger partial charge in [0.25, 0.3) is 0 Å². The number of aromatic nitrogens is 1. The summed E-state index contributed by atoms with van der Waals surface area (Å²) in [5.74, 6) is -0.605. The van der Waals surface area contributed by atoms with Crippen molar-refractivity contribution in [3.05, 3.63) is 35.8 Å². The number of amides is 2. The highest BCUT2D eigenvalue weighted by atomic mass is 19.1. The van der Waals surface area contributed by atoms with Crippen molar-refractivity contribution in [1.29, 1.82) is 0 Å². The van der Waals surface area contributed by atoms with Crippen LogP contribution in [0.2, 0.25) is 0 Å². The molecule has 1 fully saturated rings. The highest BCUT2D eigenvalue weighted by Crippen LogP contribution is 2.22. The van der Waals surface area contributed by atoms with Crippen LogP contribution >= 0.6 is 0 Å². The SMILES string of the molecule is CC(C)NC(=O)[C@@H]1CC(=O)N(CCc2c[nH]c3ccc(F)cc23)C1. The van der Waals surface area contributed by atoms with Crippen LogP contribution in [-0.2, 0) is 16.0 Å². The number of halogens is 1. The number of hydrogen-bond acceptors (Lipinski definition) is 2. The number of hydrogen-bond donors (Lipinski definition) is 2. The molecule has 1 saturated heterocycles. The molecule has 128 valence electrons. The van der Waals surface area contributed by atoms with Gasteiger partial charge in [-0.3, -0.25) is 9.59 Å². The van der Waals surface area contributed by atoms with Gasteiger partial charge < -0.3 is 15.2 Å². The smallest absolute Gasteiger partial charge is 0.225 e. The molecule has 6 heteroatoms. The zero-order chi connectivity index (χ0) is 17.3. The molecule has 24 heavy (non-hydrogen) atoms. The summed E-state index contributed by atoms with van der Waals surface area (Å²) in [7, 11) is 0. The first kappa shape index (κ1) is 16.5. The van der Waals surface area contributed by atoms with Crippen LogP contribution in [-0.4, -0.2) is 40.8 Å². The van der Waals surface area contributed by atoms with Gasteiger partial charge >= 0.3 is 0 Å². The van der Waals surface area contributed by atoms with E-state index in [9.17, 15) is 14.0 Å². The van der Waals surface area contributed by atoms with E-state index in [2.05, 4.69) is 10.3 Å². The van der Waals surface area contributed by atoms with Gasteiger partial charge in [-0.1, -0.05) is 0 Å². The van der Waals surface area contributed by atoms with E-state index in [1.807, 2.05) is 20.0 Å². The number of nitrogens with one attached hydrogen (secondary N) is 2. The lowest BCUT2D eigenvalue weighted by Gasteiger charge is -2.17. The van der Waals surface area contributed by atoms with E-state index in [0.29, 0.717) is 19.5 Å². The highest BCUT2D eigenvalue weighted by molar-refractivity contribution is 5.89. The van der Waals surface area contributed by atoms with Crippen molar-refractivity contribution in [1.82, 2.24) is 15.2 Å². The van der Waals surface area contributed by atoms with Crippen LogP contribution in [0.15, 0.2) is 24.4 Å². The average Bonchev–Trinajstić information content (AvgIpc) is 3.08. The topological polar surface area (TPSA) is 65.2 Å². The van der Waals surface area contributed by atoms with Crippen LogP contribution in [0.5, 0.6) is 0 Å². The number of benzene rings is 1. The lowest BCUT2D eigenvalue weighted by Crippen LogP contribution is -2.37. The van der Waals surface area contributed by atoms with Crippen LogP contribution in [0.25, 0.3) is 10.9 Å². The Hall–Kier alpha value is -2.37. The maximum atomic E-state index is 13.4. The molecule has 0 aliphatic carbocycles. The Bertz CT molecular complexity index is 769. The third-order valence-electron chi connectivity index (χ3n) is 4.40. The second-order valence-electron chi connectivity index (χ2n) is 6.66. The number of fused-ring (bicyclic) bond motifs is 1. The van der Waals surface area contributed by atoms with E-state index in [1.165, 1.54) is 12.1 Å². The third-order valence-corrected chi connectivity index (χ3v) is 4.40. The Morgan fingerprint density at radius 1 is 1.46 bits per heavy atom. The summed E-state index contributed by atoms with van der Waals surface area (Å²) in [5.41, 5.74) is 1.86. The molecule has 0 spiro atoms. The predicted molar refractivity (Wildman–Crippen MR) is 89.9 cm³/mol. The molecule has 0 radical (unpaired) electrons. The van der Waals surface area contributed by atoms with Crippen molar-refractivity contribution in [3.63, 3.8) is 0 Å². The van der Waals surface area contributed by atoms with Crippen LogP contribution in [0.4, 0.5) is 4.39 Å². The van der Waals surface area contributed by atoms with Gasteiger partial charge in [-0.25, -0.2) is 4.39 Å². The minimum atomic E-state index is -0.277. The van der Waals surface area contributed by atoms with E-state index in [-0.39, 0.29) is 36.0 Å². The minimum absolute atomic E-state index is 0.00456. The van der Waals surface area contributed by atoms with Crippen LogP contribution in [0, 0.1) is 11.7 Å². The van der Waals surface area contributed by atoms with E-state index in [4.69, 9.17) is 0 Å². The Labute approximate surface area is 140 Å². The van der Waals surface area contributed by atoms with Gasteiger partial charge in [-0.2, -0.15) is 0 Å². The molecule has 0 bridgehead atoms. The summed E-state index contributed by atoms with van der Waals surface area (Å²) in [6.45, 7) is 4.80. The summed E-state index contributed by atoms with van der Waals surface area (Å²) in [6.07, 6.45) is 2.75. The standard InChI is InChI=1S/C18H22FN3O2/c1-11(2)21-18(24)13-7-17(23)22(10-13)6-5-12-9-20-16-4-3-14(19)8-15(12)16/h3-4,8-9,11,13,20H,5-7,10H2,1-2H3,(H,21,24)/t13-/m1/s1. The summed E-state index contributed by atoms with van der Waals surface area (Å²) >= 11 is 0. The average molecular weight is 331 g/mol. The number of carbonyl (C=O) groups is 2. The predicted octanol–water partition coefficient (Wildman–Crippen LogP) is 2.22. The molecule has 0 saturated carbocycles. The molecule has 2 aromatic rings. The summed E-state index contributed by atoms with van der Waals surface area (Å²) in [5, 5.41) is 3.70. The quantitative estimate of drug-likeness (QED) is 0.882. The van der Waals surface area contributed by atoms with E-state index >= 15 is 0 Å². The molecule has 1 aromatic carbocycles. The lowest BCUT2D eigenvalue weighted by molar-refractivity contribution is -0.129. The molecular weight excluding hydrogens is 309 g/mol. The molecule has 1 atom stereocenters. The molecule has 1 aliphatic rings. The Kier molecular flexibility index (Phi) is 4.55.